The van der Waals surface area contributed by atoms with E-state index >= 15 is 0 Å². The molecule has 2 aliphatic heterocycles. The van der Waals surface area contributed by atoms with Gasteiger partial charge in [0.15, 0.2) is 0 Å². The zero-order chi connectivity index (χ0) is 14.5. The van der Waals surface area contributed by atoms with Gasteiger partial charge in [0.05, 0.1) is 4.90 Å². The summed E-state index contributed by atoms with van der Waals surface area (Å²) in [4.78, 5) is 0.377. The standard InChI is InChI=1S/C14H19ClN2O2S/c1-9-5-12(15)3-4-14(9)20(18,19)17-8-11-6-16-7-13(11)10(17)2/h3-5,10-11,13,16H,6-8H2,1-2H3. The molecule has 0 radical (unpaired) electrons. The predicted octanol–water partition coefficient (Wildman–Crippen LogP) is 1.88. The Labute approximate surface area is 125 Å². The minimum absolute atomic E-state index is 0.0510. The third-order valence-electron chi connectivity index (χ3n) is 4.60. The first-order valence-electron chi connectivity index (χ1n) is 6.90. The fraction of sp³-hybridized carbons (Fsp3) is 0.571. The van der Waals surface area contributed by atoms with Crippen LogP contribution in [-0.2, 0) is 10.0 Å². The average molecular weight is 315 g/mol. The minimum atomic E-state index is -3.43. The summed E-state index contributed by atoms with van der Waals surface area (Å²) >= 11 is 5.92. The van der Waals surface area contributed by atoms with Crippen LogP contribution in [0.25, 0.3) is 0 Å². The molecule has 1 aromatic carbocycles. The van der Waals surface area contributed by atoms with Gasteiger partial charge in [-0.2, -0.15) is 4.31 Å². The molecule has 3 unspecified atom stereocenters. The molecule has 2 saturated heterocycles. The number of nitrogens with one attached hydrogen (secondary N) is 1. The summed E-state index contributed by atoms with van der Waals surface area (Å²) in [6.07, 6.45) is 0. The molecule has 110 valence electrons. The number of sulfonamides is 1. The Morgan fingerprint density at radius 1 is 1.35 bits per heavy atom. The van der Waals surface area contributed by atoms with E-state index in [4.69, 9.17) is 11.6 Å². The Hall–Kier alpha value is -0.620. The number of aryl methyl sites for hydroxylation is 1. The van der Waals surface area contributed by atoms with E-state index in [2.05, 4.69) is 5.32 Å². The summed E-state index contributed by atoms with van der Waals surface area (Å²) in [5, 5.41) is 3.91. The van der Waals surface area contributed by atoms with Gasteiger partial charge in [-0.25, -0.2) is 8.42 Å². The quantitative estimate of drug-likeness (QED) is 0.906. The van der Waals surface area contributed by atoms with Gasteiger partial charge in [0.25, 0.3) is 0 Å². The van der Waals surface area contributed by atoms with Crippen LogP contribution in [0.3, 0.4) is 0 Å². The van der Waals surface area contributed by atoms with Crippen LogP contribution in [0.15, 0.2) is 23.1 Å². The highest BCUT2D eigenvalue weighted by Gasteiger charge is 2.47. The first-order chi connectivity index (χ1) is 9.41. The lowest BCUT2D eigenvalue weighted by Crippen LogP contribution is -2.38. The molecule has 0 spiro atoms. The van der Waals surface area contributed by atoms with Crippen LogP contribution >= 0.6 is 11.6 Å². The van der Waals surface area contributed by atoms with Gasteiger partial charge in [-0.1, -0.05) is 11.6 Å². The van der Waals surface area contributed by atoms with Gasteiger partial charge in [-0.3, -0.25) is 0 Å². The Morgan fingerprint density at radius 3 is 2.75 bits per heavy atom. The molecular weight excluding hydrogens is 296 g/mol. The van der Waals surface area contributed by atoms with Gasteiger partial charge < -0.3 is 5.32 Å². The highest BCUT2D eigenvalue weighted by molar-refractivity contribution is 7.89. The summed E-state index contributed by atoms with van der Waals surface area (Å²) in [7, 11) is -3.43. The Morgan fingerprint density at radius 2 is 2.10 bits per heavy atom. The largest absolute Gasteiger partial charge is 0.316 e. The predicted molar refractivity (Wildman–Crippen MR) is 79.4 cm³/mol. The summed E-state index contributed by atoms with van der Waals surface area (Å²) < 4.78 is 27.4. The second kappa shape index (κ2) is 4.98. The summed E-state index contributed by atoms with van der Waals surface area (Å²) in [6, 6.07) is 5.02. The van der Waals surface area contributed by atoms with Gasteiger partial charge in [-0.05, 0) is 62.5 Å². The molecule has 0 aliphatic carbocycles. The third kappa shape index (κ3) is 2.17. The fourth-order valence-corrected chi connectivity index (χ4v) is 5.64. The van der Waals surface area contributed by atoms with Gasteiger partial charge in [-0.15, -0.1) is 0 Å². The van der Waals surface area contributed by atoms with Gasteiger partial charge >= 0.3 is 0 Å². The molecule has 20 heavy (non-hydrogen) atoms. The van der Waals surface area contributed by atoms with E-state index in [-0.39, 0.29) is 6.04 Å². The lowest BCUT2D eigenvalue weighted by molar-refractivity contribution is 0.360. The van der Waals surface area contributed by atoms with Crippen LogP contribution in [0, 0.1) is 18.8 Å². The summed E-state index contributed by atoms with van der Waals surface area (Å²) in [5.41, 5.74) is 0.708. The lowest BCUT2D eigenvalue weighted by atomic mass is 9.95. The molecule has 2 fully saturated rings. The maximum Gasteiger partial charge on any atom is 0.243 e. The SMILES string of the molecule is Cc1cc(Cl)ccc1S(=O)(=O)N1CC2CNCC2C1C. The van der Waals surface area contributed by atoms with Crippen LogP contribution in [0.2, 0.25) is 5.02 Å². The molecule has 2 heterocycles. The van der Waals surface area contributed by atoms with E-state index in [0.29, 0.717) is 33.9 Å². The molecule has 2 aliphatic rings. The number of halogens is 1. The van der Waals surface area contributed by atoms with E-state index in [1.165, 1.54) is 0 Å². The first-order valence-corrected chi connectivity index (χ1v) is 8.72. The highest BCUT2D eigenvalue weighted by atomic mass is 35.5. The van der Waals surface area contributed by atoms with Gasteiger partial charge in [0, 0.05) is 17.6 Å². The molecule has 0 aromatic heterocycles. The number of rotatable bonds is 2. The van der Waals surface area contributed by atoms with Crippen LogP contribution in [0.5, 0.6) is 0 Å². The zero-order valence-electron chi connectivity index (χ0n) is 11.6. The van der Waals surface area contributed by atoms with Gasteiger partial charge in [0.2, 0.25) is 10.0 Å². The van der Waals surface area contributed by atoms with Crippen LogP contribution < -0.4 is 5.32 Å². The zero-order valence-corrected chi connectivity index (χ0v) is 13.2. The van der Waals surface area contributed by atoms with Gasteiger partial charge in [0.1, 0.15) is 0 Å². The van der Waals surface area contributed by atoms with Crippen molar-refractivity contribution >= 4 is 21.6 Å². The minimum Gasteiger partial charge on any atom is -0.316 e. The monoisotopic (exact) mass is 314 g/mol. The Balaban J connectivity index is 1.96. The van der Waals surface area contributed by atoms with E-state index in [1.54, 1.807) is 29.4 Å². The van der Waals surface area contributed by atoms with Crippen molar-refractivity contribution in [1.29, 1.82) is 0 Å². The maximum atomic E-state index is 12.9. The van der Waals surface area contributed by atoms with E-state index in [9.17, 15) is 8.42 Å². The molecule has 1 N–H and O–H groups in total. The number of nitrogens with zero attached hydrogens (tertiary/aromatic N) is 1. The van der Waals surface area contributed by atoms with Crippen LogP contribution in [0.1, 0.15) is 12.5 Å². The number of hydrogen-bond acceptors (Lipinski definition) is 3. The molecule has 3 rings (SSSR count). The van der Waals surface area contributed by atoms with Crippen molar-refractivity contribution in [2.75, 3.05) is 19.6 Å². The van der Waals surface area contributed by atoms with Crippen molar-refractivity contribution < 1.29 is 8.42 Å². The highest BCUT2D eigenvalue weighted by Crippen LogP contribution is 2.36. The Bertz CT molecular complexity index is 632. The van der Waals surface area contributed by atoms with Crippen LogP contribution in [0.4, 0.5) is 0 Å². The summed E-state index contributed by atoms with van der Waals surface area (Å²) in [5.74, 6) is 0.866. The molecule has 3 atom stereocenters. The lowest BCUT2D eigenvalue weighted by Gasteiger charge is -2.24. The first kappa shape index (κ1) is 14.3. The van der Waals surface area contributed by atoms with Crippen LogP contribution in [-0.4, -0.2) is 38.4 Å². The van der Waals surface area contributed by atoms with E-state index in [1.807, 2.05) is 6.92 Å². The van der Waals surface area contributed by atoms with Crippen molar-refractivity contribution in [3.63, 3.8) is 0 Å². The fourth-order valence-electron chi connectivity index (χ4n) is 3.47. The normalized spacial score (nSPS) is 30.6. The second-order valence-electron chi connectivity index (χ2n) is 5.81. The van der Waals surface area contributed by atoms with E-state index in [0.717, 1.165) is 13.1 Å². The molecule has 6 heteroatoms. The molecule has 0 bridgehead atoms. The second-order valence-corrected chi connectivity index (χ2v) is 8.10. The topological polar surface area (TPSA) is 49.4 Å². The smallest absolute Gasteiger partial charge is 0.243 e. The molecule has 0 saturated carbocycles. The number of benzene rings is 1. The number of fused-ring (bicyclic) bond motifs is 1. The van der Waals surface area contributed by atoms with Crippen molar-refractivity contribution in [1.82, 2.24) is 9.62 Å². The maximum absolute atomic E-state index is 12.9. The third-order valence-corrected chi connectivity index (χ3v) is 6.95. The van der Waals surface area contributed by atoms with Crippen molar-refractivity contribution in [3.05, 3.63) is 28.8 Å². The molecule has 1 aromatic rings. The summed E-state index contributed by atoms with van der Waals surface area (Å²) in [6.45, 7) is 6.25. The Kier molecular flexibility index (Phi) is 3.57. The van der Waals surface area contributed by atoms with E-state index < -0.39 is 10.0 Å². The van der Waals surface area contributed by atoms with Crippen molar-refractivity contribution in [3.8, 4) is 0 Å². The average Bonchev–Trinajstić information content (AvgIpc) is 2.92. The number of hydrogen-bond donors (Lipinski definition) is 1. The van der Waals surface area contributed by atoms with Crippen molar-refractivity contribution in [2.45, 2.75) is 24.8 Å². The molecular formula is C14H19ClN2O2S. The van der Waals surface area contributed by atoms with Crippen molar-refractivity contribution in [2.24, 2.45) is 11.8 Å². The molecule has 4 nitrogen and oxygen atoms in total. The molecule has 0 amide bonds.